The highest BCUT2D eigenvalue weighted by molar-refractivity contribution is 7.19. The zero-order valence-electron chi connectivity index (χ0n) is 7.53. The highest BCUT2D eigenvalue weighted by Crippen LogP contribution is 2.30. The summed E-state index contributed by atoms with van der Waals surface area (Å²) in [5.41, 5.74) is 0.890. The lowest BCUT2D eigenvalue weighted by atomic mass is 10.3. The van der Waals surface area contributed by atoms with Crippen molar-refractivity contribution in [1.82, 2.24) is 4.98 Å². The summed E-state index contributed by atoms with van der Waals surface area (Å²) in [7, 11) is 1.60. The Morgan fingerprint density at radius 1 is 1.29 bits per heavy atom. The zero-order chi connectivity index (χ0) is 9.97. The molecule has 0 saturated carbocycles. The molecule has 0 radical (unpaired) electrons. The lowest BCUT2D eigenvalue weighted by molar-refractivity contribution is 0.398. The summed E-state index contributed by atoms with van der Waals surface area (Å²) >= 11 is 7.35. The minimum Gasteiger partial charge on any atom is -0.481 e. The molecule has 2 heterocycles. The van der Waals surface area contributed by atoms with Crippen molar-refractivity contribution in [2.24, 2.45) is 0 Å². The fourth-order valence-electron chi connectivity index (χ4n) is 1.12. The molecule has 0 bridgehead atoms. The molecule has 0 amide bonds. The molecule has 0 saturated heterocycles. The second-order valence-electron chi connectivity index (χ2n) is 2.67. The van der Waals surface area contributed by atoms with E-state index in [-0.39, 0.29) is 0 Å². The van der Waals surface area contributed by atoms with Gasteiger partial charge in [-0.2, -0.15) is 0 Å². The molecule has 72 valence electrons. The maximum absolute atomic E-state index is 5.84. The Hall–Kier alpha value is -1.06. The molecule has 0 N–H and O–H groups in total. The van der Waals surface area contributed by atoms with E-state index in [1.54, 1.807) is 7.11 Å². The Balaban J connectivity index is 2.41. The number of aromatic nitrogens is 1. The third-order valence-corrected chi connectivity index (χ3v) is 3.01. The van der Waals surface area contributed by atoms with Crippen LogP contribution in [0.4, 0.5) is 0 Å². The summed E-state index contributed by atoms with van der Waals surface area (Å²) in [6.07, 6.45) is 0. The van der Waals surface area contributed by atoms with E-state index < -0.39 is 0 Å². The molecule has 0 aromatic carbocycles. The van der Waals surface area contributed by atoms with Crippen molar-refractivity contribution < 1.29 is 4.74 Å². The first-order valence-electron chi connectivity index (χ1n) is 4.06. The SMILES string of the molecule is COc1cccc(-c2ccc(Cl)s2)n1. The minimum absolute atomic E-state index is 0.618. The molecule has 0 fully saturated rings. The molecule has 2 aromatic rings. The first kappa shape index (κ1) is 9.49. The predicted molar refractivity (Wildman–Crippen MR) is 59.1 cm³/mol. The molecule has 14 heavy (non-hydrogen) atoms. The van der Waals surface area contributed by atoms with Crippen molar-refractivity contribution in [3.05, 3.63) is 34.7 Å². The maximum Gasteiger partial charge on any atom is 0.213 e. The summed E-state index contributed by atoms with van der Waals surface area (Å²) < 4.78 is 5.81. The van der Waals surface area contributed by atoms with E-state index in [2.05, 4.69) is 4.98 Å². The first-order chi connectivity index (χ1) is 6.79. The van der Waals surface area contributed by atoms with Crippen LogP contribution < -0.4 is 4.74 Å². The summed E-state index contributed by atoms with van der Waals surface area (Å²) in [5, 5.41) is 0. The molecule has 2 aromatic heterocycles. The van der Waals surface area contributed by atoms with Crippen LogP contribution in [0.3, 0.4) is 0 Å². The van der Waals surface area contributed by atoms with Crippen LogP contribution >= 0.6 is 22.9 Å². The van der Waals surface area contributed by atoms with Gasteiger partial charge in [0.15, 0.2) is 0 Å². The van der Waals surface area contributed by atoms with Gasteiger partial charge in [-0.15, -0.1) is 11.3 Å². The summed E-state index contributed by atoms with van der Waals surface area (Å²) in [6, 6.07) is 9.48. The molecule has 4 heteroatoms. The van der Waals surface area contributed by atoms with Gasteiger partial charge in [-0.3, -0.25) is 0 Å². The number of methoxy groups -OCH3 is 1. The predicted octanol–water partition coefficient (Wildman–Crippen LogP) is 3.47. The molecule has 2 rings (SSSR count). The summed E-state index contributed by atoms with van der Waals surface area (Å²) in [5.74, 6) is 0.618. The van der Waals surface area contributed by atoms with E-state index in [9.17, 15) is 0 Å². The Labute approximate surface area is 91.1 Å². The van der Waals surface area contributed by atoms with Crippen molar-refractivity contribution in [2.45, 2.75) is 0 Å². The first-order valence-corrected chi connectivity index (χ1v) is 5.26. The van der Waals surface area contributed by atoms with Gasteiger partial charge in [0, 0.05) is 6.07 Å². The lowest BCUT2D eigenvalue weighted by Gasteiger charge is -2.00. The zero-order valence-corrected chi connectivity index (χ0v) is 9.10. The second-order valence-corrected chi connectivity index (χ2v) is 4.38. The normalized spacial score (nSPS) is 10.1. The van der Waals surface area contributed by atoms with Crippen molar-refractivity contribution >= 4 is 22.9 Å². The van der Waals surface area contributed by atoms with E-state index in [0.717, 1.165) is 14.9 Å². The van der Waals surface area contributed by atoms with Crippen molar-refractivity contribution in [3.8, 4) is 16.5 Å². The molecule has 2 nitrogen and oxygen atoms in total. The van der Waals surface area contributed by atoms with Crippen LogP contribution in [0.2, 0.25) is 4.34 Å². The topological polar surface area (TPSA) is 22.1 Å². The monoisotopic (exact) mass is 225 g/mol. The highest BCUT2D eigenvalue weighted by Gasteiger charge is 2.03. The van der Waals surface area contributed by atoms with E-state index in [0.29, 0.717) is 5.88 Å². The quantitative estimate of drug-likeness (QED) is 0.781. The van der Waals surface area contributed by atoms with Crippen LogP contribution in [-0.2, 0) is 0 Å². The fourth-order valence-corrected chi connectivity index (χ4v) is 2.13. The van der Waals surface area contributed by atoms with Gasteiger partial charge in [-0.05, 0) is 18.2 Å². The van der Waals surface area contributed by atoms with Crippen molar-refractivity contribution in [1.29, 1.82) is 0 Å². The number of rotatable bonds is 2. The van der Waals surface area contributed by atoms with Crippen molar-refractivity contribution in [3.63, 3.8) is 0 Å². The number of pyridine rings is 1. The Bertz CT molecular complexity index is 441. The minimum atomic E-state index is 0.618. The van der Waals surface area contributed by atoms with Crippen LogP contribution in [0, 0.1) is 0 Å². The van der Waals surface area contributed by atoms with Gasteiger partial charge in [0.2, 0.25) is 5.88 Å². The average Bonchev–Trinajstić information content (AvgIpc) is 2.65. The number of thiophene rings is 1. The van der Waals surface area contributed by atoms with Gasteiger partial charge in [0.25, 0.3) is 0 Å². The van der Waals surface area contributed by atoms with Crippen LogP contribution in [-0.4, -0.2) is 12.1 Å². The van der Waals surface area contributed by atoms with Gasteiger partial charge in [-0.25, -0.2) is 4.98 Å². The number of nitrogens with zero attached hydrogens (tertiary/aromatic N) is 1. The second kappa shape index (κ2) is 3.98. The number of ether oxygens (including phenoxy) is 1. The van der Waals surface area contributed by atoms with Crippen LogP contribution in [0.15, 0.2) is 30.3 Å². The lowest BCUT2D eigenvalue weighted by Crippen LogP contribution is -1.87. The molecule has 0 aliphatic rings. The number of hydrogen-bond acceptors (Lipinski definition) is 3. The van der Waals surface area contributed by atoms with E-state index in [4.69, 9.17) is 16.3 Å². The third kappa shape index (κ3) is 1.89. The molecular formula is C10H8ClNOS. The standard InChI is InChI=1S/C10H8ClNOS/c1-13-10-4-2-3-7(12-10)8-5-6-9(11)14-8/h2-6H,1H3. The molecule has 0 unspecified atom stereocenters. The van der Waals surface area contributed by atoms with Gasteiger partial charge >= 0.3 is 0 Å². The smallest absolute Gasteiger partial charge is 0.213 e. The Morgan fingerprint density at radius 2 is 2.14 bits per heavy atom. The molecule has 0 spiro atoms. The largest absolute Gasteiger partial charge is 0.481 e. The van der Waals surface area contributed by atoms with E-state index in [1.165, 1.54) is 11.3 Å². The Kier molecular flexibility index (Phi) is 2.70. The molecule has 0 aliphatic carbocycles. The van der Waals surface area contributed by atoms with Crippen LogP contribution in [0.1, 0.15) is 0 Å². The third-order valence-electron chi connectivity index (χ3n) is 1.76. The van der Waals surface area contributed by atoms with Gasteiger partial charge < -0.3 is 4.74 Å². The number of halogens is 1. The highest BCUT2D eigenvalue weighted by atomic mass is 35.5. The van der Waals surface area contributed by atoms with E-state index in [1.807, 2.05) is 30.3 Å². The fraction of sp³-hybridized carbons (Fsp3) is 0.100. The molecule has 0 atom stereocenters. The summed E-state index contributed by atoms with van der Waals surface area (Å²) in [4.78, 5) is 5.35. The Morgan fingerprint density at radius 3 is 2.79 bits per heavy atom. The van der Waals surface area contributed by atoms with Crippen LogP contribution in [0.5, 0.6) is 5.88 Å². The van der Waals surface area contributed by atoms with Gasteiger partial charge in [0.1, 0.15) is 0 Å². The van der Waals surface area contributed by atoms with E-state index >= 15 is 0 Å². The number of hydrogen-bond donors (Lipinski definition) is 0. The average molecular weight is 226 g/mol. The maximum atomic E-state index is 5.84. The molecular weight excluding hydrogens is 218 g/mol. The van der Waals surface area contributed by atoms with Gasteiger partial charge in [-0.1, -0.05) is 17.7 Å². The molecule has 0 aliphatic heterocycles. The van der Waals surface area contributed by atoms with Gasteiger partial charge in [0.05, 0.1) is 22.0 Å². The van der Waals surface area contributed by atoms with Crippen molar-refractivity contribution in [2.75, 3.05) is 7.11 Å². The van der Waals surface area contributed by atoms with Crippen LogP contribution in [0.25, 0.3) is 10.6 Å². The summed E-state index contributed by atoms with van der Waals surface area (Å²) in [6.45, 7) is 0.